The highest BCUT2D eigenvalue weighted by molar-refractivity contribution is 5.85. The molecule has 1 nitrogen and oxygen atoms in total. The van der Waals surface area contributed by atoms with Crippen molar-refractivity contribution in [3.05, 3.63) is 84.6 Å². The molecule has 0 heterocycles. The van der Waals surface area contributed by atoms with E-state index in [-0.39, 0.29) is 0 Å². The van der Waals surface area contributed by atoms with E-state index in [1.54, 1.807) is 6.26 Å². The van der Waals surface area contributed by atoms with Gasteiger partial charge < -0.3 is 4.74 Å². The first-order valence-corrected chi connectivity index (χ1v) is 6.70. The van der Waals surface area contributed by atoms with E-state index < -0.39 is 0 Å². The van der Waals surface area contributed by atoms with Crippen molar-refractivity contribution in [1.29, 1.82) is 0 Å². The van der Waals surface area contributed by atoms with Crippen molar-refractivity contribution in [2.45, 2.75) is 6.92 Å². The Morgan fingerprint density at radius 1 is 0.800 bits per heavy atom. The fraction of sp³-hybridized carbons (Fsp3) is 0.0526. The maximum atomic E-state index is 5.67. The summed E-state index contributed by atoms with van der Waals surface area (Å²) in [5.74, 6) is 0.854. The summed E-state index contributed by atoms with van der Waals surface area (Å²) in [6, 6.07) is 24.6. The van der Waals surface area contributed by atoms with Crippen LogP contribution in [0.2, 0.25) is 0 Å². The lowest BCUT2D eigenvalue weighted by atomic mass is 10.0. The van der Waals surface area contributed by atoms with Crippen molar-refractivity contribution in [2.24, 2.45) is 0 Å². The minimum absolute atomic E-state index is 0.854. The summed E-state index contributed by atoms with van der Waals surface area (Å²) in [5, 5.41) is 2.51. The predicted molar refractivity (Wildman–Crippen MR) is 84.7 cm³/mol. The number of allylic oxidation sites excluding steroid dienone is 1. The quantitative estimate of drug-likeness (QED) is 0.582. The smallest absolute Gasteiger partial charge is 0.126 e. The molecule has 0 unspecified atom stereocenters. The summed E-state index contributed by atoms with van der Waals surface area (Å²) in [6.45, 7) is 2.06. The van der Waals surface area contributed by atoms with Gasteiger partial charge in [0.15, 0.2) is 0 Å². The third-order valence-electron chi connectivity index (χ3n) is 3.32. The van der Waals surface area contributed by atoms with Crippen molar-refractivity contribution >= 4 is 16.3 Å². The summed E-state index contributed by atoms with van der Waals surface area (Å²) >= 11 is 0. The molecule has 0 aromatic heterocycles. The molecule has 3 rings (SSSR count). The average molecular weight is 260 g/mol. The molecule has 98 valence electrons. The molecule has 0 radical (unpaired) electrons. The lowest BCUT2D eigenvalue weighted by Gasteiger charge is -2.05. The van der Waals surface area contributed by atoms with Gasteiger partial charge in [0, 0.05) is 0 Å². The number of rotatable bonds is 3. The Hall–Kier alpha value is -2.54. The Morgan fingerprint density at radius 2 is 1.50 bits per heavy atom. The van der Waals surface area contributed by atoms with Crippen molar-refractivity contribution < 1.29 is 4.74 Å². The molecular weight excluding hydrogens is 244 g/mol. The average Bonchev–Trinajstić information content (AvgIpc) is 2.53. The maximum absolute atomic E-state index is 5.67. The van der Waals surface area contributed by atoms with Crippen LogP contribution in [0.1, 0.15) is 12.5 Å². The van der Waals surface area contributed by atoms with E-state index >= 15 is 0 Å². The normalized spacial score (nSPS) is 11.6. The van der Waals surface area contributed by atoms with Crippen molar-refractivity contribution in [3.63, 3.8) is 0 Å². The molecule has 0 N–H and O–H groups in total. The van der Waals surface area contributed by atoms with Crippen LogP contribution in [0.5, 0.6) is 5.75 Å². The Balaban J connectivity index is 1.86. The lowest BCUT2D eigenvalue weighted by molar-refractivity contribution is 0.483. The summed E-state index contributed by atoms with van der Waals surface area (Å²) in [5.41, 5.74) is 2.29. The van der Waals surface area contributed by atoms with Gasteiger partial charge >= 0.3 is 0 Å². The molecule has 0 spiro atoms. The molecule has 0 atom stereocenters. The van der Waals surface area contributed by atoms with Crippen molar-refractivity contribution in [2.75, 3.05) is 0 Å². The van der Waals surface area contributed by atoms with Gasteiger partial charge in [-0.25, -0.2) is 0 Å². The van der Waals surface area contributed by atoms with E-state index in [2.05, 4.69) is 49.4 Å². The first kappa shape index (κ1) is 12.5. The van der Waals surface area contributed by atoms with Crippen LogP contribution in [0.15, 0.2) is 79.1 Å². The number of hydrogen-bond acceptors (Lipinski definition) is 1. The second-order valence-electron chi connectivity index (χ2n) is 4.79. The highest BCUT2D eigenvalue weighted by Crippen LogP contribution is 2.21. The van der Waals surface area contributed by atoms with Crippen molar-refractivity contribution in [1.82, 2.24) is 0 Å². The summed E-state index contributed by atoms with van der Waals surface area (Å²) in [4.78, 5) is 0. The van der Waals surface area contributed by atoms with Crippen LogP contribution in [0.4, 0.5) is 0 Å². The molecule has 0 bridgehead atoms. The van der Waals surface area contributed by atoms with E-state index in [4.69, 9.17) is 4.74 Å². The van der Waals surface area contributed by atoms with Gasteiger partial charge in [0.1, 0.15) is 5.75 Å². The van der Waals surface area contributed by atoms with Crippen LogP contribution in [0, 0.1) is 0 Å². The van der Waals surface area contributed by atoms with Crippen LogP contribution in [-0.4, -0.2) is 0 Å². The van der Waals surface area contributed by atoms with Crippen LogP contribution in [-0.2, 0) is 0 Å². The van der Waals surface area contributed by atoms with Gasteiger partial charge in [0.05, 0.1) is 6.26 Å². The zero-order chi connectivity index (χ0) is 13.8. The fourth-order valence-electron chi connectivity index (χ4n) is 2.16. The van der Waals surface area contributed by atoms with Crippen LogP contribution >= 0.6 is 0 Å². The highest BCUT2D eigenvalue weighted by atomic mass is 16.5. The molecule has 1 heteroatoms. The number of hydrogen-bond donors (Lipinski definition) is 0. The Morgan fingerprint density at radius 3 is 2.30 bits per heavy atom. The molecule has 0 amide bonds. The monoisotopic (exact) mass is 260 g/mol. The standard InChI is InChI=1S/C19H16O/c1-15(14-20-19-9-3-2-4-10-19)17-12-11-16-7-5-6-8-18(16)13-17/h2-14H,1H3. The lowest BCUT2D eigenvalue weighted by Crippen LogP contribution is -1.86. The first-order chi connectivity index (χ1) is 9.83. The first-order valence-electron chi connectivity index (χ1n) is 6.70. The number of fused-ring (bicyclic) bond motifs is 1. The Labute approximate surface area is 119 Å². The van der Waals surface area contributed by atoms with Gasteiger partial charge in [-0.3, -0.25) is 0 Å². The van der Waals surface area contributed by atoms with Gasteiger partial charge in [-0.1, -0.05) is 54.6 Å². The minimum atomic E-state index is 0.854. The van der Waals surface area contributed by atoms with Gasteiger partial charge in [-0.15, -0.1) is 0 Å². The topological polar surface area (TPSA) is 9.23 Å². The second-order valence-corrected chi connectivity index (χ2v) is 4.79. The summed E-state index contributed by atoms with van der Waals surface area (Å²) in [7, 11) is 0. The van der Waals surface area contributed by atoms with Crippen LogP contribution in [0.25, 0.3) is 16.3 Å². The molecule has 0 saturated heterocycles. The zero-order valence-corrected chi connectivity index (χ0v) is 11.4. The van der Waals surface area contributed by atoms with Crippen LogP contribution in [0.3, 0.4) is 0 Å². The number of ether oxygens (including phenoxy) is 1. The largest absolute Gasteiger partial charge is 0.465 e. The van der Waals surface area contributed by atoms with Gasteiger partial charge in [0.25, 0.3) is 0 Å². The molecule has 0 aliphatic heterocycles. The molecule has 0 aliphatic carbocycles. The van der Waals surface area contributed by atoms with Crippen LogP contribution < -0.4 is 4.74 Å². The van der Waals surface area contributed by atoms with E-state index in [1.165, 1.54) is 16.3 Å². The number of para-hydroxylation sites is 1. The fourth-order valence-corrected chi connectivity index (χ4v) is 2.16. The molecule has 0 saturated carbocycles. The van der Waals surface area contributed by atoms with Gasteiger partial charge in [-0.2, -0.15) is 0 Å². The molecular formula is C19H16O. The minimum Gasteiger partial charge on any atom is -0.465 e. The predicted octanol–water partition coefficient (Wildman–Crippen LogP) is 5.28. The molecule has 0 aliphatic rings. The van der Waals surface area contributed by atoms with Crippen molar-refractivity contribution in [3.8, 4) is 5.75 Å². The Bertz CT molecular complexity index is 742. The second kappa shape index (κ2) is 5.62. The molecule has 3 aromatic rings. The maximum Gasteiger partial charge on any atom is 0.126 e. The van der Waals surface area contributed by atoms with E-state index in [0.29, 0.717) is 0 Å². The summed E-state index contributed by atoms with van der Waals surface area (Å²) in [6.07, 6.45) is 1.80. The van der Waals surface area contributed by atoms with Gasteiger partial charge in [-0.05, 0) is 47.0 Å². The van der Waals surface area contributed by atoms with E-state index in [0.717, 1.165) is 11.3 Å². The molecule has 3 aromatic carbocycles. The summed E-state index contributed by atoms with van der Waals surface area (Å²) < 4.78 is 5.67. The zero-order valence-electron chi connectivity index (χ0n) is 11.4. The third kappa shape index (κ3) is 2.72. The highest BCUT2D eigenvalue weighted by Gasteiger charge is 1.99. The Kier molecular flexibility index (Phi) is 3.51. The van der Waals surface area contributed by atoms with E-state index in [1.807, 2.05) is 30.3 Å². The number of benzene rings is 3. The van der Waals surface area contributed by atoms with E-state index in [9.17, 15) is 0 Å². The third-order valence-corrected chi connectivity index (χ3v) is 3.32. The molecule has 0 fully saturated rings. The SMILES string of the molecule is CC(=COc1ccccc1)c1ccc2ccccc2c1. The molecule has 20 heavy (non-hydrogen) atoms. The van der Waals surface area contributed by atoms with Gasteiger partial charge in [0.2, 0.25) is 0 Å².